The molecule has 1 heterocycles. The van der Waals surface area contributed by atoms with Gasteiger partial charge in [-0.1, -0.05) is 78.9 Å². The zero-order valence-corrected chi connectivity index (χ0v) is 18.0. The van der Waals surface area contributed by atoms with E-state index in [1.165, 1.54) is 22.3 Å². The van der Waals surface area contributed by atoms with Crippen LogP contribution in [0.25, 0.3) is 33.1 Å². The van der Waals surface area contributed by atoms with Crippen LogP contribution in [0.2, 0.25) is 0 Å². The smallest absolute Gasteiger partial charge is 0.159 e. The molecule has 156 valence electrons. The molecule has 7 rings (SSSR count). The number of rotatable bonds is 3. The standard InChI is InChI=1S/C31H21NO/c1-2-10-23(11-3-1)32(24-17-18-26-22(20-24)19-21-9-4-5-12-25(21)26)29-15-8-14-28-27-13-6-7-16-30(27)33-31(28)29/h1-18,20H,19H2. The third-order valence-electron chi connectivity index (χ3n) is 6.67. The van der Waals surface area contributed by atoms with Gasteiger partial charge in [0.15, 0.2) is 5.58 Å². The Balaban J connectivity index is 1.46. The van der Waals surface area contributed by atoms with E-state index >= 15 is 0 Å². The minimum Gasteiger partial charge on any atom is -0.454 e. The summed E-state index contributed by atoms with van der Waals surface area (Å²) in [6.45, 7) is 0. The molecule has 0 radical (unpaired) electrons. The van der Waals surface area contributed by atoms with E-state index in [0.717, 1.165) is 45.4 Å². The van der Waals surface area contributed by atoms with Gasteiger partial charge in [0.2, 0.25) is 0 Å². The van der Waals surface area contributed by atoms with Gasteiger partial charge in [0.1, 0.15) is 5.58 Å². The Kier molecular flexibility index (Phi) is 3.94. The van der Waals surface area contributed by atoms with E-state index in [1.54, 1.807) is 0 Å². The Labute approximate surface area is 192 Å². The average Bonchev–Trinajstić information content (AvgIpc) is 3.43. The van der Waals surface area contributed by atoms with Crippen molar-refractivity contribution in [2.75, 3.05) is 4.90 Å². The quantitative estimate of drug-likeness (QED) is 0.283. The Morgan fingerprint density at radius 3 is 2.24 bits per heavy atom. The minimum atomic E-state index is 0.909. The fourth-order valence-electron chi connectivity index (χ4n) is 5.18. The third-order valence-corrected chi connectivity index (χ3v) is 6.67. The van der Waals surface area contributed by atoms with Crippen molar-refractivity contribution >= 4 is 39.0 Å². The Hall–Kier alpha value is -4.30. The van der Waals surface area contributed by atoms with Gasteiger partial charge in [-0.05, 0) is 65.1 Å². The minimum absolute atomic E-state index is 0.909. The van der Waals surface area contributed by atoms with Gasteiger partial charge in [0.05, 0.1) is 5.69 Å². The summed E-state index contributed by atoms with van der Waals surface area (Å²) in [5.41, 5.74) is 10.6. The predicted octanol–water partition coefficient (Wildman–Crippen LogP) is 8.63. The highest BCUT2D eigenvalue weighted by atomic mass is 16.3. The highest BCUT2D eigenvalue weighted by Crippen LogP contribution is 2.44. The van der Waals surface area contributed by atoms with Crippen LogP contribution in [0.3, 0.4) is 0 Å². The highest BCUT2D eigenvalue weighted by molar-refractivity contribution is 6.10. The summed E-state index contributed by atoms with van der Waals surface area (Å²) < 4.78 is 6.41. The fraction of sp³-hybridized carbons (Fsp3) is 0.0323. The van der Waals surface area contributed by atoms with Crippen molar-refractivity contribution in [3.05, 3.63) is 126 Å². The number of benzene rings is 5. The lowest BCUT2D eigenvalue weighted by molar-refractivity contribution is 0.669. The number of hydrogen-bond acceptors (Lipinski definition) is 2. The second-order valence-electron chi connectivity index (χ2n) is 8.60. The molecular formula is C31H21NO. The molecule has 0 spiro atoms. The van der Waals surface area contributed by atoms with Crippen LogP contribution >= 0.6 is 0 Å². The fourth-order valence-corrected chi connectivity index (χ4v) is 5.18. The van der Waals surface area contributed by atoms with Crippen LogP contribution in [-0.2, 0) is 6.42 Å². The first-order valence-electron chi connectivity index (χ1n) is 11.3. The number of furan rings is 1. The zero-order valence-electron chi connectivity index (χ0n) is 18.0. The summed E-state index contributed by atoms with van der Waals surface area (Å²) >= 11 is 0. The van der Waals surface area contributed by atoms with Gasteiger partial charge < -0.3 is 9.32 Å². The largest absolute Gasteiger partial charge is 0.454 e. The van der Waals surface area contributed by atoms with Gasteiger partial charge in [-0.25, -0.2) is 0 Å². The molecule has 0 aliphatic heterocycles. The number of fused-ring (bicyclic) bond motifs is 6. The zero-order chi connectivity index (χ0) is 21.8. The van der Waals surface area contributed by atoms with Gasteiger partial charge in [0.25, 0.3) is 0 Å². The normalized spacial score (nSPS) is 12.1. The molecule has 1 aliphatic carbocycles. The van der Waals surface area contributed by atoms with E-state index in [1.807, 2.05) is 12.1 Å². The monoisotopic (exact) mass is 423 g/mol. The maximum atomic E-state index is 6.41. The molecule has 0 saturated heterocycles. The van der Waals surface area contributed by atoms with Crippen molar-refractivity contribution < 1.29 is 4.42 Å². The molecule has 5 aromatic carbocycles. The second kappa shape index (κ2) is 7.11. The van der Waals surface area contributed by atoms with Crippen molar-refractivity contribution in [3.63, 3.8) is 0 Å². The molecule has 6 aromatic rings. The molecule has 0 unspecified atom stereocenters. The molecule has 0 amide bonds. The number of anilines is 3. The summed E-state index contributed by atoms with van der Waals surface area (Å²) in [5.74, 6) is 0. The molecule has 0 atom stereocenters. The van der Waals surface area contributed by atoms with E-state index in [0.29, 0.717) is 0 Å². The van der Waals surface area contributed by atoms with Crippen LogP contribution in [-0.4, -0.2) is 0 Å². The second-order valence-corrected chi connectivity index (χ2v) is 8.60. The lowest BCUT2D eigenvalue weighted by Crippen LogP contribution is -2.10. The maximum Gasteiger partial charge on any atom is 0.159 e. The van der Waals surface area contributed by atoms with Crippen molar-refractivity contribution in [3.8, 4) is 11.1 Å². The van der Waals surface area contributed by atoms with E-state index in [9.17, 15) is 0 Å². The number of nitrogens with zero attached hydrogens (tertiary/aromatic N) is 1. The number of para-hydroxylation sites is 3. The highest BCUT2D eigenvalue weighted by Gasteiger charge is 2.22. The Morgan fingerprint density at radius 2 is 1.30 bits per heavy atom. The maximum absolute atomic E-state index is 6.41. The van der Waals surface area contributed by atoms with Gasteiger partial charge in [-0.15, -0.1) is 0 Å². The first-order valence-corrected chi connectivity index (χ1v) is 11.3. The van der Waals surface area contributed by atoms with Gasteiger partial charge >= 0.3 is 0 Å². The van der Waals surface area contributed by atoms with Crippen LogP contribution in [0.15, 0.2) is 120 Å². The van der Waals surface area contributed by atoms with Crippen LogP contribution in [0.4, 0.5) is 17.1 Å². The molecule has 0 saturated carbocycles. The van der Waals surface area contributed by atoms with E-state index in [2.05, 4.69) is 108 Å². The summed E-state index contributed by atoms with van der Waals surface area (Å²) in [7, 11) is 0. The van der Waals surface area contributed by atoms with Gasteiger partial charge in [-0.2, -0.15) is 0 Å². The molecule has 2 nitrogen and oxygen atoms in total. The molecule has 2 heteroatoms. The molecule has 0 bridgehead atoms. The third kappa shape index (κ3) is 2.81. The number of hydrogen-bond donors (Lipinski definition) is 0. The van der Waals surface area contributed by atoms with Crippen LogP contribution in [0.5, 0.6) is 0 Å². The van der Waals surface area contributed by atoms with Crippen molar-refractivity contribution in [1.29, 1.82) is 0 Å². The average molecular weight is 424 g/mol. The molecule has 1 aromatic heterocycles. The van der Waals surface area contributed by atoms with E-state index in [-0.39, 0.29) is 0 Å². The van der Waals surface area contributed by atoms with Crippen molar-refractivity contribution in [1.82, 2.24) is 0 Å². The summed E-state index contributed by atoms with van der Waals surface area (Å²) in [5, 5.41) is 2.28. The van der Waals surface area contributed by atoms with Crippen LogP contribution in [0, 0.1) is 0 Å². The lowest BCUT2D eigenvalue weighted by Gasteiger charge is -2.26. The molecule has 1 aliphatic rings. The summed E-state index contributed by atoms with van der Waals surface area (Å²) in [4.78, 5) is 2.31. The summed E-state index contributed by atoms with van der Waals surface area (Å²) in [6.07, 6.45) is 0.969. The van der Waals surface area contributed by atoms with Crippen molar-refractivity contribution in [2.45, 2.75) is 6.42 Å². The SMILES string of the molecule is c1ccc(N(c2ccc3c(c2)Cc2ccccc2-3)c2cccc3c2oc2ccccc23)cc1. The predicted molar refractivity (Wildman–Crippen MR) is 137 cm³/mol. The first kappa shape index (κ1) is 18.3. The Bertz CT molecular complexity index is 1640. The molecular weight excluding hydrogens is 402 g/mol. The van der Waals surface area contributed by atoms with Crippen LogP contribution in [0.1, 0.15) is 11.1 Å². The van der Waals surface area contributed by atoms with Crippen LogP contribution < -0.4 is 4.90 Å². The van der Waals surface area contributed by atoms with E-state index < -0.39 is 0 Å². The molecule has 33 heavy (non-hydrogen) atoms. The van der Waals surface area contributed by atoms with Crippen molar-refractivity contribution in [2.24, 2.45) is 0 Å². The van der Waals surface area contributed by atoms with Gasteiger partial charge in [0, 0.05) is 22.1 Å². The molecule has 0 fully saturated rings. The lowest BCUT2D eigenvalue weighted by atomic mass is 10.0. The Morgan fingerprint density at radius 1 is 0.545 bits per heavy atom. The molecule has 0 N–H and O–H groups in total. The summed E-state index contributed by atoms with van der Waals surface area (Å²) in [6, 6.07) is 40.8. The van der Waals surface area contributed by atoms with E-state index in [4.69, 9.17) is 4.42 Å². The first-order chi connectivity index (χ1) is 16.4. The van der Waals surface area contributed by atoms with Gasteiger partial charge in [-0.3, -0.25) is 0 Å². The topological polar surface area (TPSA) is 16.4 Å².